The molecule has 33 heavy (non-hydrogen) atoms. The van der Waals surface area contributed by atoms with Crippen molar-refractivity contribution in [1.82, 2.24) is 4.90 Å². The van der Waals surface area contributed by atoms with Crippen LogP contribution in [0.2, 0.25) is 0 Å². The monoisotopic (exact) mass is 457 g/mol. The average molecular weight is 458 g/mol. The van der Waals surface area contributed by atoms with Crippen LogP contribution in [0, 0.1) is 28.0 Å². The molecule has 0 aromatic heterocycles. The van der Waals surface area contributed by atoms with E-state index in [4.69, 9.17) is 4.74 Å². The van der Waals surface area contributed by atoms with Gasteiger partial charge in [-0.05, 0) is 54.6 Å². The summed E-state index contributed by atoms with van der Waals surface area (Å²) < 4.78 is 20.0. The average Bonchev–Trinajstić information content (AvgIpc) is 3.03. The van der Waals surface area contributed by atoms with Crippen LogP contribution >= 0.6 is 0 Å². The number of rotatable bonds is 6. The van der Waals surface area contributed by atoms with E-state index in [2.05, 4.69) is 44.8 Å². The van der Waals surface area contributed by atoms with Gasteiger partial charge in [0.05, 0.1) is 17.2 Å². The van der Waals surface area contributed by atoms with Crippen molar-refractivity contribution in [2.45, 2.75) is 66.4 Å². The number of hydrogen-bond acceptors (Lipinski definition) is 4. The molecule has 1 saturated heterocycles. The number of piperidine rings is 1. The van der Waals surface area contributed by atoms with Gasteiger partial charge in [0.15, 0.2) is 0 Å². The number of nitrogens with zero attached hydrogens (tertiary/aromatic N) is 3. The third kappa shape index (κ3) is 4.77. The quantitative estimate of drug-likeness (QED) is 0.467. The van der Waals surface area contributed by atoms with Crippen LogP contribution in [0.4, 0.5) is 4.39 Å². The Kier molecular flexibility index (Phi) is 7.47. The molecule has 182 valence electrons. The molecule has 0 radical (unpaired) electrons. The van der Waals surface area contributed by atoms with Crippen LogP contribution in [-0.2, 0) is 9.53 Å². The minimum Gasteiger partial charge on any atom is -0.381 e. The van der Waals surface area contributed by atoms with Crippen molar-refractivity contribution in [3.63, 3.8) is 0 Å². The van der Waals surface area contributed by atoms with Crippen LogP contribution in [0.15, 0.2) is 40.6 Å². The van der Waals surface area contributed by atoms with Crippen molar-refractivity contribution in [2.75, 3.05) is 27.2 Å². The van der Waals surface area contributed by atoms with Gasteiger partial charge in [-0.15, -0.1) is 0 Å². The fraction of sp³-hybridized carbons (Fsp3) is 0.667. The lowest BCUT2D eigenvalue weighted by molar-refractivity contribution is -0.150. The predicted octanol–water partition coefficient (Wildman–Crippen LogP) is 6.35. The van der Waals surface area contributed by atoms with Crippen LogP contribution in [0.1, 0.15) is 65.9 Å². The highest BCUT2D eigenvalue weighted by molar-refractivity contribution is 5.84. The largest absolute Gasteiger partial charge is 0.381 e. The van der Waals surface area contributed by atoms with Gasteiger partial charge in [-0.1, -0.05) is 52.8 Å². The lowest BCUT2D eigenvalue weighted by Gasteiger charge is -2.48. The normalized spacial score (nSPS) is 26.8. The highest BCUT2D eigenvalue weighted by Gasteiger charge is 2.59. The molecule has 1 aromatic rings. The number of carbonyl (C=O) groups excluding carboxylic acids is 1. The number of carbonyl (C=O) groups is 1. The number of likely N-dealkylation sites (tertiary alicyclic amines) is 1. The molecule has 6 heteroatoms. The molecule has 0 N–H and O–H groups in total. The third-order valence-corrected chi connectivity index (χ3v) is 8.53. The minimum atomic E-state index is -0.451. The zero-order valence-corrected chi connectivity index (χ0v) is 21.3. The number of amides is 1. The smallest absolute Gasteiger partial charge is 0.229 e. The number of halogens is 1. The lowest BCUT2D eigenvalue weighted by atomic mass is 9.58. The van der Waals surface area contributed by atoms with Gasteiger partial charge in [0.25, 0.3) is 0 Å². The van der Waals surface area contributed by atoms with Gasteiger partial charge in [-0.2, -0.15) is 10.2 Å². The number of hydrogen-bond donors (Lipinski definition) is 0. The number of benzene rings is 1. The molecule has 1 unspecified atom stereocenters. The van der Waals surface area contributed by atoms with Crippen LogP contribution in [0.25, 0.3) is 5.70 Å². The van der Waals surface area contributed by atoms with Gasteiger partial charge in [0, 0.05) is 32.8 Å². The molecule has 0 spiro atoms. The molecule has 2 aliphatic rings. The first-order valence-electron chi connectivity index (χ1n) is 12.1. The SMILES string of the molecule is CN=N/C(=C\C(C)(C)[C@@H]1CCC(C)(C(=O)N2CCC(OC)CC2)C1(C)C)c1ccccc1F. The Labute approximate surface area is 198 Å². The molecular weight excluding hydrogens is 417 g/mol. The summed E-state index contributed by atoms with van der Waals surface area (Å²) in [5, 5.41) is 8.23. The molecule has 1 aliphatic heterocycles. The topological polar surface area (TPSA) is 54.3 Å². The van der Waals surface area contributed by atoms with Crippen molar-refractivity contribution in [2.24, 2.45) is 32.4 Å². The fourth-order valence-corrected chi connectivity index (χ4v) is 6.22. The van der Waals surface area contributed by atoms with E-state index < -0.39 is 5.41 Å². The van der Waals surface area contributed by atoms with Crippen molar-refractivity contribution < 1.29 is 13.9 Å². The molecular formula is C27H40FN3O2. The van der Waals surface area contributed by atoms with Crippen LogP contribution in [-0.4, -0.2) is 44.2 Å². The van der Waals surface area contributed by atoms with E-state index in [-0.39, 0.29) is 34.6 Å². The molecule has 2 atom stereocenters. The number of allylic oxidation sites excluding steroid dienone is 1. The standard InChI is InChI=1S/C27H40FN3O2/c1-25(2,18-22(30-29-6)20-10-8-9-11-21(20)28)23-12-15-27(5,26(23,3)4)24(32)31-16-13-19(33-7)14-17-31/h8-11,18-19,23H,12-17H2,1-7H3/b22-18-,30-29?/t23-,27?/m0/s1. The number of methoxy groups -OCH3 is 1. The van der Waals surface area contributed by atoms with Crippen LogP contribution in [0.5, 0.6) is 0 Å². The van der Waals surface area contributed by atoms with Gasteiger partial charge in [0.1, 0.15) is 5.82 Å². The van der Waals surface area contributed by atoms with Gasteiger partial charge < -0.3 is 9.64 Å². The van der Waals surface area contributed by atoms with Crippen LogP contribution in [0.3, 0.4) is 0 Å². The maximum atomic E-state index is 14.6. The maximum absolute atomic E-state index is 14.6. The summed E-state index contributed by atoms with van der Waals surface area (Å²) >= 11 is 0. The maximum Gasteiger partial charge on any atom is 0.229 e. The fourth-order valence-electron chi connectivity index (χ4n) is 6.22. The molecule has 1 aromatic carbocycles. The van der Waals surface area contributed by atoms with Gasteiger partial charge in [-0.3, -0.25) is 4.79 Å². The van der Waals surface area contributed by atoms with E-state index in [1.54, 1.807) is 26.3 Å². The van der Waals surface area contributed by atoms with Crippen molar-refractivity contribution in [3.05, 3.63) is 41.7 Å². The Morgan fingerprint density at radius 2 is 1.82 bits per heavy atom. The van der Waals surface area contributed by atoms with E-state index in [9.17, 15) is 9.18 Å². The van der Waals surface area contributed by atoms with E-state index in [0.717, 1.165) is 38.8 Å². The van der Waals surface area contributed by atoms with E-state index in [1.807, 2.05) is 17.0 Å². The molecule has 1 heterocycles. The Hall–Kier alpha value is -2.08. The second-order valence-corrected chi connectivity index (χ2v) is 11.0. The summed E-state index contributed by atoms with van der Waals surface area (Å²) in [4.78, 5) is 15.8. The Morgan fingerprint density at radius 1 is 1.18 bits per heavy atom. The summed E-state index contributed by atoms with van der Waals surface area (Å²) in [6.45, 7) is 12.4. The van der Waals surface area contributed by atoms with Crippen molar-refractivity contribution in [1.29, 1.82) is 0 Å². The van der Waals surface area contributed by atoms with Gasteiger partial charge in [0.2, 0.25) is 5.91 Å². The third-order valence-electron chi connectivity index (χ3n) is 8.53. The summed E-state index contributed by atoms with van der Waals surface area (Å²) in [7, 11) is 3.35. The second kappa shape index (κ2) is 9.65. The first-order chi connectivity index (χ1) is 15.5. The summed E-state index contributed by atoms with van der Waals surface area (Å²) in [6, 6.07) is 6.68. The minimum absolute atomic E-state index is 0.226. The van der Waals surface area contributed by atoms with E-state index >= 15 is 0 Å². The van der Waals surface area contributed by atoms with Crippen LogP contribution < -0.4 is 0 Å². The summed E-state index contributed by atoms with van der Waals surface area (Å²) in [5.41, 5.74) is -0.0140. The van der Waals surface area contributed by atoms with Gasteiger partial charge in [-0.25, -0.2) is 4.39 Å². The summed E-state index contributed by atoms with van der Waals surface area (Å²) in [6.07, 6.45) is 5.86. The second-order valence-electron chi connectivity index (χ2n) is 11.0. The number of ether oxygens (including phenoxy) is 1. The number of azo groups is 1. The molecule has 3 rings (SSSR count). The lowest BCUT2D eigenvalue weighted by Crippen LogP contribution is -2.52. The molecule has 0 bridgehead atoms. The van der Waals surface area contributed by atoms with Crippen molar-refractivity contribution in [3.8, 4) is 0 Å². The molecule has 1 aliphatic carbocycles. The zero-order valence-electron chi connectivity index (χ0n) is 21.3. The first kappa shape index (κ1) is 25.5. The Bertz CT molecular complexity index is 916. The molecule has 1 amide bonds. The van der Waals surface area contributed by atoms with Gasteiger partial charge >= 0.3 is 0 Å². The highest BCUT2D eigenvalue weighted by Crippen LogP contribution is 2.62. The first-order valence-corrected chi connectivity index (χ1v) is 12.1. The molecule has 2 fully saturated rings. The molecule has 1 saturated carbocycles. The summed E-state index contributed by atoms with van der Waals surface area (Å²) in [5.74, 6) is 0.174. The zero-order chi connectivity index (χ0) is 24.4. The van der Waals surface area contributed by atoms with E-state index in [1.165, 1.54) is 6.07 Å². The highest BCUT2D eigenvalue weighted by atomic mass is 19.1. The Morgan fingerprint density at radius 3 is 2.39 bits per heavy atom. The molecule has 5 nitrogen and oxygen atoms in total. The Balaban J connectivity index is 1.89. The van der Waals surface area contributed by atoms with Crippen molar-refractivity contribution >= 4 is 11.6 Å². The predicted molar refractivity (Wildman–Crippen MR) is 130 cm³/mol. The van der Waals surface area contributed by atoms with E-state index in [0.29, 0.717) is 11.3 Å².